The largest absolute Gasteiger partial charge is 0.298 e. The highest BCUT2D eigenvalue weighted by Gasteiger charge is 2.29. The van der Waals surface area contributed by atoms with Gasteiger partial charge in [-0.3, -0.25) is 4.90 Å². The number of hydrogen-bond acceptors (Lipinski definition) is 3. The van der Waals surface area contributed by atoms with Crippen molar-refractivity contribution in [1.82, 2.24) is 9.21 Å². The molecule has 2 rings (SSSR count). The molecule has 1 saturated heterocycles. The average Bonchev–Trinajstić information content (AvgIpc) is 2.49. The Morgan fingerprint density at radius 1 is 1.14 bits per heavy atom. The molecule has 0 bridgehead atoms. The van der Waals surface area contributed by atoms with Gasteiger partial charge < -0.3 is 0 Å². The van der Waals surface area contributed by atoms with Gasteiger partial charge in [0.15, 0.2) is 0 Å². The Kier molecular flexibility index (Phi) is 5.54. The van der Waals surface area contributed by atoms with Crippen molar-refractivity contribution in [2.45, 2.75) is 31.2 Å². The van der Waals surface area contributed by atoms with Crippen molar-refractivity contribution in [1.29, 1.82) is 0 Å². The van der Waals surface area contributed by atoms with Gasteiger partial charge in [0.1, 0.15) is 0 Å². The van der Waals surface area contributed by atoms with Gasteiger partial charge in [-0.2, -0.15) is 4.31 Å². The molecule has 0 aliphatic carbocycles. The Hall–Kier alpha value is -0.330. The van der Waals surface area contributed by atoms with E-state index in [-0.39, 0.29) is 9.92 Å². The fourth-order valence-corrected chi connectivity index (χ4v) is 4.24. The second-order valence-corrected chi connectivity index (χ2v) is 8.03. The third-order valence-corrected chi connectivity index (χ3v) is 6.65. The second-order valence-electron chi connectivity index (χ2n) is 5.27. The number of sulfonamides is 1. The number of benzene rings is 1. The van der Waals surface area contributed by atoms with Crippen LogP contribution >= 0.6 is 23.2 Å². The van der Waals surface area contributed by atoms with Gasteiger partial charge in [-0.1, -0.05) is 30.1 Å². The Morgan fingerprint density at radius 3 is 2.29 bits per heavy atom. The monoisotopic (exact) mass is 350 g/mol. The van der Waals surface area contributed by atoms with Crippen LogP contribution in [-0.2, 0) is 10.0 Å². The molecule has 0 N–H and O–H groups in total. The van der Waals surface area contributed by atoms with E-state index in [1.807, 2.05) is 0 Å². The van der Waals surface area contributed by atoms with E-state index in [4.69, 9.17) is 23.2 Å². The van der Waals surface area contributed by atoms with Crippen LogP contribution in [0.25, 0.3) is 0 Å². The van der Waals surface area contributed by atoms with Crippen molar-refractivity contribution in [3.8, 4) is 0 Å². The van der Waals surface area contributed by atoms with E-state index in [0.717, 1.165) is 19.5 Å². The Bertz CT molecular complexity index is 599. The summed E-state index contributed by atoms with van der Waals surface area (Å²) in [5.74, 6) is 0. The molecule has 1 unspecified atom stereocenters. The molecular weight excluding hydrogens is 331 g/mol. The van der Waals surface area contributed by atoms with Crippen molar-refractivity contribution in [3.63, 3.8) is 0 Å². The minimum Gasteiger partial charge on any atom is -0.298 e. The van der Waals surface area contributed by atoms with Gasteiger partial charge in [0.25, 0.3) is 0 Å². The molecule has 0 radical (unpaired) electrons. The third-order valence-electron chi connectivity index (χ3n) is 4.02. The predicted octanol–water partition coefficient (Wildman–Crippen LogP) is 3.10. The van der Waals surface area contributed by atoms with Crippen LogP contribution in [0.2, 0.25) is 10.0 Å². The van der Waals surface area contributed by atoms with E-state index < -0.39 is 10.0 Å². The summed E-state index contributed by atoms with van der Waals surface area (Å²) in [5.41, 5.74) is 0. The molecule has 118 valence electrons. The van der Waals surface area contributed by atoms with Crippen molar-refractivity contribution < 1.29 is 8.42 Å². The highest BCUT2D eigenvalue weighted by atomic mass is 35.5. The summed E-state index contributed by atoms with van der Waals surface area (Å²) >= 11 is 11.8. The summed E-state index contributed by atoms with van der Waals surface area (Å²) < 4.78 is 26.7. The molecule has 1 aliphatic heterocycles. The normalized spacial score (nSPS) is 19.6. The maximum Gasteiger partial charge on any atom is 0.243 e. The number of halogens is 2. The number of piperazine rings is 1. The van der Waals surface area contributed by atoms with E-state index in [2.05, 4.69) is 18.7 Å². The van der Waals surface area contributed by atoms with Gasteiger partial charge in [-0.25, -0.2) is 8.42 Å². The van der Waals surface area contributed by atoms with E-state index in [0.29, 0.717) is 24.2 Å². The first kappa shape index (κ1) is 17.0. The summed E-state index contributed by atoms with van der Waals surface area (Å²) in [4.78, 5) is 2.52. The van der Waals surface area contributed by atoms with E-state index >= 15 is 0 Å². The lowest BCUT2D eigenvalue weighted by Crippen LogP contribution is -2.51. The molecule has 4 nitrogen and oxygen atoms in total. The standard InChI is InChI=1S/C14H20Cl2N2O2S/c1-3-11(2)17-6-8-18(9-7-17)21(19,20)12-4-5-13(15)14(16)10-12/h4-5,10-11H,3,6-9H2,1-2H3. The molecule has 7 heteroatoms. The van der Waals surface area contributed by atoms with Crippen LogP contribution in [0, 0.1) is 0 Å². The van der Waals surface area contributed by atoms with Crippen LogP contribution in [0.3, 0.4) is 0 Å². The minimum absolute atomic E-state index is 0.203. The van der Waals surface area contributed by atoms with E-state index in [9.17, 15) is 8.42 Å². The third kappa shape index (κ3) is 3.71. The first-order chi connectivity index (χ1) is 9.86. The smallest absolute Gasteiger partial charge is 0.243 e. The van der Waals surface area contributed by atoms with E-state index in [1.54, 1.807) is 0 Å². The summed E-state index contributed by atoms with van der Waals surface area (Å²) in [6.07, 6.45) is 1.07. The fourth-order valence-electron chi connectivity index (χ4n) is 2.43. The topological polar surface area (TPSA) is 40.6 Å². The van der Waals surface area contributed by atoms with Gasteiger partial charge in [0.05, 0.1) is 14.9 Å². The zero-order valence-corrected chi connectivity index (χ0v) is 14.5. The first-order valence-electron chi connectivity index (χ1n) is 7.05. The van der Waals surface area contributed by atoms with Gasteiger partial charge in [0.2, 0.25) is 10.0 Å². The zero-order chi connectivity index (χ0) is 15.6. The molecular formula is C14H20Cl2N2O2S. The molecule has 1 aromatic rings. The maximum atomic E-state index is 12.6. The van der Waals surface area contributed by atoms with Gasteiger partial charge in [-0.15, -0.1) is 0 Å². The molecule has 1 aromatic carbocycles. The second kappa shape index (κ2) is 6.84. The SMILES string of the molecule is CCC(C)N1CCN(S(=O)(=O)c2ccc(Cl)c(Cl)c2)CC1. The summed E-state index contributed by atoms with van der Waals surface area (Å²) in [6, 6.07) is 4.93. The van der Waals surface area contributed by atoms with Gasteiger partial charge in [0, 0.05) is 32.2 Å². The molecule has 1 aliphatic rings. The van der Waals surface area contributed by atoms with Gasteiger partial charge >= 0.3 is 0 Å². The molecule has 0 spiro atoms. The lowest BCUT2D eigenvalue weighted by molar-refractivity contribution is 0.142. The molecule has 1 heterocycles. The van der Waals surface area contributed by atoms with Crippen molar-refractivity contribution in [3.05, 3.63) is 28.2 Å². The number of nitrogens with zero attached hydrogens (tertiary/aromatic N) is 2. The summed E-state index contributed by atoms with van der Waals surface area (Å²) in [5, 5.41) is 0.619. The quantitative estimate of drug-likeness (QED) is 0.837. The Labute approximate surface area is 136 Å². The van der Waals surface area contributed by atoms with Crippen molar-refractivity contribution >= 4 is 33.2 Å². The molecule has 0 saturated carbocycles. The predicted molar refractivity (Wildman–Crippen MR) is 86.5 cm³/mol. The molecule has 0 aromatic heterocycles. The Balaban J connectivity index is 2.13. The highest BCUT2D eigenvalue weighted by Crippen LogP contribution is 2.27. The highest BCUT2D eigenvalue weighted by molar-refractivity contribution is 7.89. The number of hydrogen-bond donors (Lipinski definition) is 0. The minimum atomic E-state index is -3.49. The summed E-state index contributed by atoms with van der Waals surface area (Å²) in [7, 11) is -3.49. The van der Waals surface area contributed by atoms with Gasteiger partial charge in [-0.05, 0) is 31.5 Å². The molecule has 1 fully saturated rings. The van der Waals surface area contributed by atoms with Crippen LogP contribution in [0.4, 0.5) is 0 Å². The lowest BCUT2D eigenvalue weighted by Gasteiger charge is -2.37. The fraction of sp³-hybridized carbons (Fsp3) is 0.571. The van der Waals surface area contributed by atoms with Crippen LogP contribution in [0.15, 0.2) is 23.1 Å². The van der Waals surface area contributed by atoms with Crippen molar-refractivity contribution in [2.75, 3.05) is 26.2 Å². The number of rotatable bonds is 4. The first-order valence-corrected chi connectivity index (χ1v) is 9.25. The maximum absolute atomic E-state index is 12.6. The zero-order valence-electron chi connectivity index (χ0n) is 12.2. The molecule has 1 atom stereocenters. The lowest BCUT2D eigenvalue weighted by atomic mass is 10.2. The Morgan fingerprint density at radius 2 is 1.76 bits per heavy atom. The van der Waals surface area contributed by atoms with Crippen LogP contribution in [-0.4, -0.2) is 49.8 Å². The van der Waals surface area contributed by atoms with Crippen molar-refractivity contribution in [2.24, 2.45) is 0 Å². The average molecular weight is 351 g/mol. The van der Waals surface area contributed by atoms with E-state index in [1.165, 1.54) is 22.5 Å². The van der Waals surface area contributed by atoms with Crippen LogP contribution in [0.1, 0.15) is 20.3 Å². The molecule has 0 amide bonds. The van der Waals surface area contributed by atoms with Crippen LogP contribution < -0.4 is 0 Å². The molecule has 21 heavy (non-hydrogen) atoms. The van der Waals surface area contributed by atoms with Crippen LogP contribution in [0.5, 0.6) is 0 Å². The summed E-state index contributed by atoms with van der Waals surface area (Å²) in [6.45, 7) is 6.84.